The molecule has 0 amide bonds. The van der Waals surface area contributed by atoms with Gasteiger partial charge in [0, 0.05) is 19.1 Å². The van der Waals surface area contributed by atoms with E-state index in [0.29, 0.717) is 13.0 Å². The number of unbranched alkanes of at least 4 members (excludes halogenated alkanes) is 1. The number of carboxylic acids is 1. The molecule has 0 bridgehead atoms. The van der Waals surface area contributed by atoms with Gasteiger partial charge in [-0.3, -0.25) is 0 Å². The fourth-order valence-electron chi connectivity index (χ4n) is 3.48. The zero-order valence-corrected chi connectivity index (χ0v) is 13.4. The van der Waals surface area contributed by atoms with Crippen molar-refractivity contribution < 1.29 is 15.0 Å². The lowest BCUT2D eigenvalue weighted by Gasteiger charge is -2.29. The molecule has 0 aromatic carbocycles. The Morgan fingerprint density at radius 2 is 2.00 bits per heavy atom. The Kier molecular flexibility index (Phi) is 6.36. The largest absolute Gasteiger partial charge is 0.476 e. The van der Waals surface area contributed by atoms with Gasteiger partial charge in [-0.1, -0.05) is 31.4 Å². The number of aryl methyl sites for hydroxylation is 1. The molecule has 1 aliphatic rings. The van der Waals surface area contributed by atoms with Crippen molar-refractivity contribution >= 4 is 5.97 Å². The first-order chi connectivity index (χ1) is 10.7. The van der Waals surface area contributed by atoms with Crippen LogP contribution in [0.1, 0.15) is 80.4 Å². The van der Waals surface area contributed by atoms with Crippen LogP contribution >= 0.6 is 0 Å². The maximum atomic E-state index is 11.4. The second-order valence-electron chi connectivity index (χ2n) is 6.29. The van der Waals surface area contributed by atoms with Crippen LogP contribution < -0.4 is 0 Å². The van der Waals surface area contributed by atoms with Gasteiger partial charge in [0.05, 0.1) is 5.69 Å². The molecule has 1 fully saturated rings. The summed E-state index contributed by atoms with van der Waals surface area (Å²) in [5.74, 6) is 0.0160. The Morgan fingerprint density at radius 3 is 2.59 bits per heavy atom. The van der Waals surface area contributed by atoms with Crippen molar-refractivity contribution in [1.29, 1.82) is 0 Å². The normalized spacial score (nSPS) is 21.9. The fourth-order valence-corrected chi connectivity index (χ4v) is 3.48. The maximum absolute atomic E-state index is 11.4. The minimum atomic E-state index is -1.00. The molecule has 124 valence electrons. The van der Waals surface area contributed by atoms with E-state index in [1.54, 1.807) is 4.68 Å². The Bertz CT molecular complexity index is 479. The number of aromatic carboxylic acids is 1. The monoisotopic (exact) mass is 309 g/mol. The summed E-state index contributed by atoms with van der Waals surface area (Å²) in [5.41, 5.74) is 0.852. The van der Waals surface area contributed by atoms with Gasteiger partial charge in [0.25, 0.3) is 0 Å². The van der Waals surface area contributed by atoms with Crippen molar-refractivity contribution in [3.8, 4) is 0 Å². The molecule has 6 nitrogen and oxygen atoms in total. The van der Waals surface area contributed by atoms with Gasteiger partial charge >= 0.3 is 5.97 Å². The molecule has 0 spiro atoms. The van der Waals surface area contributed by atoms with E-state index in [1.807, 2.05) is 0 Å². The first kappa shape index (κ1) is 16.9. The van der Waals surface area contributed by atoms with Crippen molar-refractivity contribution in [3.63, 3.8) is 0 Å². The molecule has 1 heterocycles. The second-order valence-corrected chi connectivity index (χ2v) is 6.29. The number of aliphatic hydroxyl groups is 1. The van der Waals surface area contributed by atoms with E-state index in [2.05, 4.69) is 17.2 Å². The number of hydrogen-bond acceptors (Lipinski definition) is 4. The summed E-state index contributed by atoms with van der Waals surface area (Å²) in [6.07, 6.45) is 8.73. The topological polar surface area (TPSA) is 88.2 Å². The molecule has 0 aliphatic heterocycles. The van der Waals surface area contributed by atoms with Crippen molar-refractivity contribution in [2.45, 2.75) is 70.8 Å². The van der Waals surface area contributed by atoms with Gasteiger partial charge in [-0.15, -0.1) is 5.10 Å². The van der Waals surface area contributed by atoms with Gasteiger partial charge in [-0.2, -0.15) is 0 Å². The molecule has 0 radical (unpaired) electrons. The highest BCUT2D eigenvalue weighted by molar-refractivity contribution is 5.86. The fraction of sp³-hybridized carbons (Fsp3) is 0.812. The minimum absolute atomic E-state index is 0.0749. The zero-order chi connectivity index (χ0) is 15.9. The summed E-state index contributed by atoms with van der Waals surface area (Å²) in [7, 11) is 0. The standard InChI is InChI=1S/C16H27N3O3/c1-2-3-5-12-6-8-13(9-7-12)15-14(16(21)22)17-18-19(15)10-4-11-20/h12-13,20H,2-11H2,1H3,(H,21,22). The van der Waals surface area contributed by atoms with Gasteiger partial charge < -0.3 is 10.2 Å². The summed E-state index contributed by atoms with van der Waals surface area (Å²) >= 11 is 0. The molecular formula is C16H27N3O3. The lowest BCUT2D eigenvalue weighted by Crippen LogP contribution is -2.19. The highest BCUT2D eigenvalue weighted by atomic mass is 16.4. The van der Waals surface area contributed by atoms with Gasteiger partial charge in [0.1, 0.15) is 0 Å². The third-order valence-corrected chi connectivity index (χ3v) is 4.70. The van der Waals surface area contributed by atoms with E-state index in [9.17, 15) is 9.90 Å². The van der Waals surface area contributed by atoms with Crippen molar-refractivity contribution in [2.75, 3.05) is 6.61 Å². The van der Waals surface area contributed by atoms with Crippen LogP contribution in [0.4, 0.5) is 0 Å². The van der Waals surface area contributed by atoms with Gasteiger partial charge in [-0.25, -0.2) is 9.48 Å². The quantitative estimate of drug-likeness (QED) is 0.771. The Morgan fingerprint density at radius 1 is 1.27 bits per heavy atom. The average molecular weight is 309 g/mol. The third kappa shape index (κ3) is 4.06. The first-order valence-electron chi connectivity index (χ1n) is 8.44. The number of aromatic nitrogens is 3. The van der Waals surface area contributed by atoms with E-state index in [-0.39, 0.29) is 18.2 Å². The number of nitrogens with zero attached hydrogens (tertiary/aromatic N) is 3. The average Bonchev–Trinajstić information content (AvgIpc) is 2.95. The van der Waals surface area contributed by atoms with Crippen molar-refractivity contribution in [1.82, 2.24) is 15.0 Å². The van der Waals surface area contributed by atoms with Crippen LogP contribution in [0.5, 0.6) is 0 Å². The molecule has 0 atom stereocenters. The summed E-state index contributed by atoms with van der Waals surface area (Å²) in [6.45, 7) is 2.82. The second kappa shape index (κ2) is 8.27. The van der Waals surface area contributed by atoms with E-state index in [0.717, 1.165) is 37.3 Å². The Hall–Kier alpha value is -1.43. The lowest BCUT2D eigenvalue weighted by atomic mass is 9.78. The molecule has 1 saturated carbocycles. The molecule has 1 aromatic rings. The van der Waals surface area contributed by atoms with Gasteiger partial charge in [-0.05, 0) is 38.0 Å². The summed E-state index contributed by atoms with van der Waals surface area (Å²) in [6, 6.07) is 0. The number of carbonyl (C=O) groups is 1. The molecule has 0 saturated heterocycles. The summed E-state index contributed by atoms with van der Waals surface area (Å²) in [5, 5.41) is 26.2. The van der Waals surface area contributed by atoms with Crippen LogP contribution in [0.2, 0.25) is 0 Å². The van der Waals surface area contributed by atoms with Crippen LogP contribution in [0.25, 0.3) is 0 Å². The highest BCUT2D eigenvalue weighted by Crippen LogP contribution is 2.38. The van der Waals surface area contributed by atoms with Crippen molar-refractivity contribution in [2.24, 2.45) is 5.92 Å². The molecule has 1 aromatic heterocycles. The lowest BCUT2D eigenvalue weighted by molar-refractivity contribution is 0.0687. The molecule has 6 heteroatoms. The zero-order valence-electron chi connectivity index (χ0n) is 13.4. The van der Waals surface area contributed by atoms with Crippen LogP contribution in [-0.2, 0) is 6.54 Å². The number of aliphatic hydroxyl groups excluding tert-OH is 1. The first-order valence-corrected chi connectivity index (χ1v) is 8.44. The Balaban J connectivity index is 2.07. The molecular weight excluding hydrogens is 282 g/mol. The van der Waals surface area contributed by atoms with E-state index in [1.165, 1.54) is 19.3 Å². The maximum Gasteiger partial charge on any atom is 0.358 e. The third-order valence-electron chi connectivity index (χ3n) is 4.70. The molecule has 2 rings (SSSR count). The van der Waals surface area contributed by atoms with Crippen molar-refractivity contribution in [3.05, 3.63) is 11.4 Å². The summed E-state index contributed by atoms with van der Waals surface area (Å²) < 4.78 is 1.69. The van der Waals surface area contributed by atoms with Crippen LogP contribution in [-0.4, -0.2) is 37.8 Å². The number of rotatable bonds is 8. The molecule has 0 unspecified atom stereocenters. The smallest absolute Gasteiger partial charge is 0.358 e. The minimum Gasteiger partial charge on any atom is -0.476 e. The summed E-state index contributed by atoms with van der Waals surface area (Å²) in [4.78, 5) is 11.4. The number of hydrogen-bond donors (Lipinski definition) is 2. The SMILES string of the molecule is CCCCC1CCC(c2c(C(=O)O)nnn2CCCO)CC1. The van der Waals surface area contributed by atoms with Gasteiger partial charge in [0.15, 0.2) is 5.69 Å². The van der Waals surface area contributed by atoms with E-state index >= 15 is 0 Å². The Labute approximate surface area is 131 Å². The molecule has 22 heavy (non-hydrogen) atoms. The number of carboxylic acid groups (broad SMARTS) is 1. The predicted molar refractivity (Wildman–Crippen MR) is 82.9 cm³/mol. The van der Waals surface area contributed by atoms with Crippen LogP contribution in [0.3, 0.4) is 0 Å². The molecule has 1 aliphatic carbocycles. The van der Waals surface area contributed by atoms with Crippen LogP contribution in [0.15, 0.2) is 0 Å². The molecule has 2 N–H and O–H groups in total. The van der Waals surface area contributed by atoms with Gasteiger partial charge in [0.2, 0.25) is 0 Å². The van der Waals surface area contributed by atoms with Crippen LogP contribution in [0, 0.1) is 5.92 Å². The highest BCUT2D eigenvalue weighted by Gasteiger charge is 2.30. The predicted octanol–water partition coefficient (Wildman–Crippen LogP) is 2.82. The van der Waals surface area contributed by atoms with E-state index < -0.39 is 5.97 Å². The van der Waals surface area contributed by atoms with E-state index in [4.69, 9.17) is 5.11 Å².